The van der Waals surface area contributed by atoms with Crippen molar-refractivity contribution in [3.8, 4) is 0 Å². The highest BCUT2D eigenvalue weighted by Gasteiger charge is 1.93. The van der Waals surface area contributed by atoms with Gasteiger partial charge in [-0.2, -0.15) is 0 Å². The van der Waals surface area contributed by atoms with Gasteiger partial charge in [-0.05, 0) is 12.8 Å². The van der Waals surface area contributed by atoms with Crippen molar-refractivity contribution >= 4 is 12.3 Å². The zero-order valence-electron chi connectivity index (χ0n) is 22.9. The monoisotopic (exact) mass is 528 g/mol. The molecule has 0 saturated heterocycles. The normalized spacial score (nSPS) is 9.67. The third-order valence-corrected chi connectivity index (χ3v) is 5.18. The number of rotatable bonds is 22. The van der Waals surface area contributed by atoms with Crippen LogP contribution in [0.5, 0.6) is 0 Å². The summed E-state index contributed by atoms with van der Waals surface area (Å²) in [5, 5.41) is 44.1. The van der Waals surface area contributed by atoms with E-state index in [0.29, 0.717) is 13.2 Å². The predicted molar refractivity (Wildman–Crippen MR) is 142 cm³/mol. The van der Waals surface area contributed by atoms with Crippen LogP contribution in [-0.4, -0.2) is 56.5 Å². The molecule has 0 aromatic heterocycles. The molecule has 36 heavy (non-hydrogen) atoms. The van der Waals surface area contributed by atoms with Crippen molar-refractivity contribution in [2.45, 2.75) is 142 Å². The molecular weight excluding hydrogens is 472 g/mol. The molecule has 6 N–H and O–H groups in total. The molecule has 0 unspecified atom stereocenters. The first-order chi connectivity index (χ1) is 17.3. The Balaban J connectivity index is -0.000000219. The van der Waals surface area contributed by atoms with Crippen molar-refractivity contribution in [2.75, 3.05) is 13.2 Å². The van der Waals surface area contributed by atoms with Crippen LogP contribution in [-0.2, 0) is 9.78 Å². The minimum absolute atomic E-state index is 0.497. The molecule has 220 valence electrons. The highest BCUT2D eigenvalue weighted by molar-refractivity contribution is 5.53. The fourth-order valence-electron chi connectivity index (χ4n) is 3.31. The molecule has 0 rings (SSSR count). The van der Waals surface area contributed by atoms with Gasteiger partial charge in [0.1, 0.15) is 0 Å². The molecular formula is C26H56O10. The van der Waals surface area contributed by atoms with E-state index in [-0.39, 0.29) is 0 Å². The van der Waals surface area contributed by atoms with Crippen LogP contribution in [0.4, 0.5) is 9.59 Å². The van der Waals surface area contributed by atoms with E-state index in [9.17, 15) is 0 Å². The summed E-state index contributed by atoms with van der Waals surface area (Å²) in [6.07, 6.45) is 22.6. The maximum Gasteiger partial charge on any atom is 0.503 e. The third kappa shape index (κ3) is 76.8. The van der Waals surface area contributed by atoms with Gasteiger partial charge in [0.25, 0.3) is 0 Å². The topological polar surface area (TPSA) is 174 Å². The molecule has 0 bridgehead atoms. The maximum atomic E-state index is 8.56. The van der Waals surface area contributed by atoms with Crippen LogP contribution in [0.1, 0.15) is 142 Å². The molecule has 0 amide bonds. The summed E-state index contributed by atoms with van der Waals surface area (Å²) in [5.41, 5.74) is 0. The molecule has 0 aromatic rings. The van der Waals surface area contributed by atoms with Crippen LogP contribution in [0.25, 0.3) is 0 Å². The first-order valence-electron chi connectivity index (χ1n) is 13.7. The van der Waals surface area contributed by atoms with Crippen molar-refractivity contribution in [2.24, 2.45) is 0 Å². The van der Waals surface area contributed by atoms with E-state index in [1.165, 1.54) is 116 Å². The summed E-state index contributed by atoms with van der Waals surface area (Å²) < 4.78 is 0. The van der Waals surface area contributed by atoms with E-state index in [2.05, 4.69) is 23.6 Å². The second-order valence-electron chi connectivity index (χ2n) is 8.60. The molecule has 0 aliphatic heterocycles. The van der Waals surface area contributed by atoms with Gasteiger partial charge in [-0.3, -0.25) is 10.5 Å². The van der Waals surface area contributed by atoms with E-state index < -0.39 is 12.3 Å². The zero-order valence-corrected chi connectivity index (χ0v) is 22.9. The van der Waals surface area contributed by atoms with Gasteiger partial charge in [-0.25, -0.2) is 19.4 Å². The molecule has 0 saturated carbocycles. The van der Waals surface area contributed by atoms with Crippen molar-refractivity contribution in [3.63, 3.8) is 0 Å². The van der Waals surface area contributed by atoms with Crippen LogP contribution >= 0.6 is 0 Å². The van der Waals surface area contributed by atoms with E-state index in [1.807, 2.05) is 0 Å². The Kier molecular flexibility index (Phi) is 50.1. The number of unbranched alkanes of at least 4 members (excludes halogenated alkanes) is 18. The van der Waals surface area contributed by atoms with Gasteiger partial charge in [0.05, 0.1) is 13.2 Å². The van der Waals surface area contributed by atoms with Gasteiger partial charge < -0.3 is 20.4 Å². The first kappa shape index (κ1) is 41.5. The predicted octanol–water partition coefficient (Wildman–Crippen LogP) is 9.24. The van der Waals surface area contributed by atoms with Crippen LogP contribution in [0.3, 0.4) is 0 Å². The van der Waals surface area contributed by atoms with Crippen molar-refractivity contribution < 1.29 is 50.3 Å². The summed E-state index contributed by atoms with van der Waals surface area (Å²) in [6.45, 7) is 5.50. The smallest absolute Gasteiger partial charge is 0.450 e. The number of carboxylic acid groups (broad SMARTS) is 4. The first-order valence-corrected chi connectivity index (χ1v) is 13.7. The second-order valence-corrected chi connectivity index (χ2v) is 8.60. The van der Waals surface area contributed by atoms with Gasteiger partial charge in [-0.1, -0.05) is 129 Å². The minimum Gasteiger partial charge on any atom is -0.450 e. The Hall–Kier alpha value is -1.62. The Labute approximate surface area is 218 Å². The molecule has 0 heterocycles. The second kappa shape index (κ2) is 43.5. The highest BCUT2D eigenvalue weighted by atomic mass is 17.1. The fraction of sp³-hybridized carbons (Fsp3) is 0.923. The Bertz CT molecular complexity index is 327. The fourth-order valence-corrected chi connectivity index (χ4v) is 3.31. The van der Waals surface area contributed by atoms with Crippen LogP contribution in [0.15, 0.2) is 0 Å². The lowest BCUT2D eigenvalue weighted by Gasteiger charge is -2.01. The van der Waals surface area contributed by atoms with E-state index >= 15 is 0 Å². The molecule has 0 aliphatic rings. The van der Waals surface area contributed by atoms with Gasteiger partial charge >= 0.3 is 12.3 Å². The summed E-state index contributed by atoms with van der Waals surface area (Å²) in [6, 6.07) is 0. The average Bonchev–Trinajstić information content (AvgIpc) is 2.81. The standard InChI is InChI=1S/2C12H26O2.2CH2O3/c2*1-2-3-4-5-6-7-8-9-10-11-12-14-13;2*2-1(3)4/h2*13H,2-12H2,1H3;2*(H2,2,3,4). The largest absolute Gasteiger partial charge is 0.503 e. The SMILES string of the molecule is CCCCCCCCCCCCOO.CCCCCCCCCCCCOO.O=C(O)O.O=C(O)O. The van der Waals surface area contributed by atoms with Crippen LogP contribution in [0.2, 0.25) is 0 Å². The number of carbonyl (C=O) groups is 2. The molecule has 0 radical (unpaired) electrons. The van der Waals surface area contributed by atoms with Gasteiger partial charge in [0.2, 0.25) is 0 Å². The van der Waals surface area contributed by atoms with Crippen molar-refractivity contribution in [1.29, 1.82) is 0 Å². The lowest BCUT2D eigenvalue weighted by molar-refractivity contribution is -0.242. The zero-order chi connectivity index (χ0) is 28.1. The molecule has 0 atom stereocenters. The summed E-state index contributed by atoms with van der Waals surface area (Å²) >= 11 is 0. The molecule has 0 spiro atoms. The van der Waals surface area contributed by atoms with Gasteiger partial charge in [0, 0.05) is 0 Å². The van der Waals surface area contributed by atoms with Crippen molar-refractivity contribution in [3.05, 3.63) is 0 Å². The van der Waals surface area contributed by atoms with Crippen molar-refractivity contribution in [1.82, 2.24) is 0 Å². The highest BCUT2D eigenvalue weighted by Crippen LogP contribution is 2.11. The van der Waals surface area contributed by atoms with Gasteiger partial charge in [0.15, 0.2) is 0 Å². The van der Waals surface area contributed by atoms with Crippen LogP contribution in [0, 0.1) is 0 Å². The maximum absolute atomic E-state index is 8.56. The lowest BCUT2D eigenvalue weighted by Crippen LogP contribution is -1.88. The summed E-state index contributed by atoms with van der Waals surface area (Å²) in [7, 11) is 0. The van der Waals surface area contributed by atoms with E-state index in [1.54, 1.807) is 0 Å². The molecule has 0 fully saturated rings. The Morgan fingerprint density at radius 3 is 0.750 bits per heavy atom. The molecule has 0 aliphatic carbocycles. The summed E-state index contributed by atoms with van der Waals surface area (Å²) in [5.74, 6) is 0. The molecule has 10 heteroatoms. The molecule has 0 aromatic carbocycles. The number of hydrogen-bond acceptors (Lipinski definition) is 6. The van der Waals surface area contributed by atoms with Crippen LogP contribution < -0.4 is 0 Å². The Morgan fingerprint density at radius 2 is 0.583 bits per heavy atom. The third-order valence-electron chi connectivity index (χ3n) is 5.18. The average molecular weight is 529 g/mol. The number of hydrogen-bond donors (Lipinski definition) is 6. The molecule has 10 nitrogen and oxygen atoms in total. The lowest BCUT2D eigenvalue weighted by atomic mass is 10.1. The van der Waals surface area contributed by atoms with E-state index in [0.717, 1.165) is 12.8 Å². The summed E-state index contributed by atoms with van der Waals surface area (Å²) in [4.78, 5) is 25.1. The minimum atomic E-state index is -1.83. The van der Waals surface area contributed by atoms with E-state index in [4.69, 9.17) is 40.5 Å². The quantitative estimate of drug-likeness (QED) is 0.0451. The van der Waals surface area contributed by atoms with Gasteiger partial charge in [-0.15, -0.1) is 0 Å². The Morgan fingerprint density at radius 1 is 0.417 bits per heavy atom.